The summed E-state index contributed by atoms with van der Waals surface area (Å²) in [5.41, 5.74) is 7.88. The van der Waals surface area contributed by atoms with Gasteiger partial charge in [-0.25, -0.2) is 0 Å². The monoisotopic (exact) mass is 288 g/mol. The number of amides is 1. The van der Waals surface area contributed by atoms with Gasteiger partial charge in [0.1, 0.15) is 0 Å². The van der Waals surface area contributed by atoms with Crippen molar-refractivity contribution >= 4 is 11.6 Å². The van der Waals surface area contributed by atoms with Gasteiger partial charge >= 0.3 is 0 Å². The summed E-state index contributed by atoms with van der Waals surface area (Å²) in [6.45, 7) is 4.06. The van der Waals surface area contributed by atoms with Crippen LogP contribution < -0.4 is 5.73 Å². The summed E-state index contributed by atoms with van der Waals surface area (Å²) >= 11 is 0. The third kappa shape index (κ3) is 5.07. The highest BCUT2D eigenvalue weighted by Crippen LogP contribution is 2.22. The largest absolute Gasteiger partial charge is 0.399 e. The van der Waals surface area contributed by atoms with Gasteiger partial charge in [-0.2, -0.15) is 0 Å². The molecule has 2 rings (SSSR count). The second kappa shape index (κ2) is 8.06. The number of rotatable bonds is 6. The standard InChI is InChI=1S/C18H28N2O/c1-2-5-15-9-10-18(21)20(13-11-15)12-4-7-16-6-3-8-17(19)14-16/h3,6,8,14-15H,2,4-5,7,9-13,19H2,1H3. The van der Waals surface area contributed by atoms with Crippen molar-refractivity contribution in [1.29, 1.82) is 0 Å². The van der Waals surface area contributed by atoms with Crippen LogP contribution in [0.2, 0.25) is 0 Å². The van der Waals surface area contributed by atoms with Gasteiger partial charge in [-0.1, -0.05) is 31.9 Å². The molecule has 2 N–H and O–H groups in total. The zero-order chi connectivity index (χ0) is 15.1. The molecule has 3 heteroatoms. The average Bonchev–Trinajstić information content (AvgIpc) is 2.63. The molecular formula is C18H28N2O. The van der Waals surface area contributed by atoms with Crippen molar-refractivity contribution in [2.45, 2.75) is 51.9 Å². The minimum absolute atomic E-state index is 0.348. The summed E-state index contributed by atoms with van der Waals surface area (Å²) in [5.74, 6) is 1.10. The van der Waals surface area contributed by atoms with Crippen LogP contribution in [0, 0.1) is 5.92 Å². The molecule has 1 aliphatic heterocycles. The van der Waals surface area contributed by atoms with Crippen molar-refractivity contribution in [3.05, 3.63) is 29.8 Å². The van der Waals surface area contributed by atoms with Crippen LogP contribution in [-0.4, -0.2) is 23.9 Å². The predicted octanol–water partition coefficient (Wildman–Crippen LogP) is 3.63. The highest BCUT2D eigenvalue weighted by Gasteiger charge is 2.21. The molecule has 1 saturated heterocycles. The number of benzene rings is 1. The van der Waals surface area contributed by atoms with Gasteiger partial charge in [-0.05, 0) is 49.3 Å². The summed E-state index contributed by atoms with van der Waals surface area (Å²) < 4.78 is 0. The summed E-state index contributed by atoms with van der Waals surface area (Å²) in [5, 5.41) is 0. The molecule has 1 unspecified atom stereocenters. The maximum atomic E-state index is 12.2. The number of carbonyl (C=O) groups excluding carboxylic acids is 1. The first-order valence-corrected chi connectivity index (χ1v) is 8.31. The van der Waals surface area contributed by atoms with Crippen LogP contribution >= 0.6 is 0 Å². The number of nitrogens with zero attached hydrogens (tertiary/aromatic N) is 1. The van der Waals surface area contributed by atoms with Crippen LogP contribution in [0.5, 0.6) is 0 Å². The molecule has 1 aliphatic rings. The summed E-state index contributed by atoms with van der Waals surface area (Å²) in [6.07, 6.45) is 7.51. The number of carbonyl (C=O) groups is 1. The fraction of sp³-hybridized carbons (Fsp3) is 0.611. The highest BCUT2D eigenvalue weighted by atomic mass is 16.2. The van der Waals surface area contributed by atoms with Gasteiger partial charge in [-0.15, -0.1) is 0 Å². The van der Waals surface area contributed by atoms with Crippen molar-refractivity contribution in [1.82, 2.24) is 4.90 Å². The van der Waals surface area contributed by atoms with Gasteiger partial charge in [-0.3, -0.25) is 4.79 Å². The zero-order valence-corrected chi connectivity index (χ0v) is 13.2. The minimum Gasteiger partial charge on any atom is -0.399 e. The number of nitrogen functional groups attached to an aromatic ring is 1. The van der Waals surface area contributed by atoms with E-state index in [9.17, 15) is 4.79 Å². The first-order valence-electron chi connectivity index (χ1n) is 8.31. The Morgan fingerprint density at radius 3 is 2.95 bits per heavy atom. The lowest BCUT2D eigenvalue weighted by Crippen LogP contribution is -2.31. The topological polar surface area (TPSA) is 46.3 Å². The van der Waals surface area contributed by atoms with E-state index in [0.29, 0.717) is 5.91 Å². The summed E-state index contributed by atoms with van der Waals surface area (Å²) in [4.78, 5) is 14.2. The molecule has 116 valence electrons. The predicted molar refractivity (Wildman–Crippen MR) is 88.0 cm³/mol. The van der Waals surface area contributed by atoms with Gasteiger partial charge in [0.2, 0.25) is 5.91 Å². The molecule has 3 nitrogen and oxygen atoms in total. The first kappa shape index (κ1) is 15.9. The number of anilines is 1. The number of aryl methyl sites for hydroxylation is 1. The molecule has 1 heterocycles. The fourth-order valence-corrected chi connectivity index (χ4v) is 3.25. The van der Waals surface area contributed by atoms with Crippen LogP contribution in [-0.2, 0) is 11.2 Å². The zero-order valence-electron chi connectivity index (χ0n) is 13.2. The van der Waals surface area contributed by atoms with E-state index in [4.69, 9.17) is 5.73 Å². The summed E-state index contributed by atoms with van der Waals surface area (Å²) in [7, 11) is 0. The molecule has 0 aromatic heterocycles. The maximum Gasteiger partial charge on any atom is 0.222 e. The molecule has 0 aliphatic carbocycles. The Balaban J connectivity index is 1.78. The third-order valence-electron chi connectivity index (χ3n) is 4.47. The van der Waals surface area contributed by atoms with E-state index in [1.165, 1.54) is 24.8 Å². The molecule has 1 aromatic rings. The normalized spacial score (nSPS) is 19.6. The van der Waals surface area contributed by atoms with E-state index in [1.807, 2.05) is 18.2 Å². The van der Waals surface area contributed by atoms with Crippen molar-refractivity contribution in [3.63, 3.8) is 0 Å². The van der Waals surface area contributed by atoms with Gasteiger partial charge in [0.25, 0.3) is 0 Å². The van der Waals surface area contributed by atoms with E-state index in [-0.39, 0.29) is 0 Å². The third-order valence-corrected chi connectivity index (χ3v) is 4.47. The van der Waals surface area contributed by atoms with Gasteiger partial charge in [0, 0.05) is 25.2 Å². The Hall–Kier alpha value is -1.51. The van der Waals surface area contributed by atoms with E-state index in [0.717, 1.165) is 50.4 Å². The Labute approximate surface area is 128 Å². The molecule has 1 aromatic carbocycles. The molecule has 0 radical (unpaired) electrons. The van der Waals surface area contributed by atoms with Crippen molar-refractivity contribution in [2.24, 2.45) is 5.92 Å². The van der Waals surface area contributed by atoms with Crippen molar-refractivity contribution < 1.29 is 4.79 Å². The second-order valence-electron chi connectivity index (χ2n) is 6.21. The number of likely N-dealkylation sites (tertiary alicyclic amines) is 1. The number of hydrogen-bond acceptors (Lipinski definition) is 2. The van der Waals surface area contributed by atoms with E-state index in [1.54, 1.807) is 0 Å². The van der Waals surface area contributed by atoms with Gasteiger partial charge in [0.15, 0.2) is 0 Å². The van der Waals surface area contributed by atoms with Crippen LogP contribution in [0.3, 0.4) is 0 Å². The van der Waals surface area contributed by atoms with Crippen molar-refractivity contribution in [3.8, 4) is 0 Å². The van der Waals surface area contributed by atoms with Crippen LogP contribution in [0.15, 0.2) is 24.3 Å². The van der Waals surface area contributed by atoms with E-state index in [2.05, 4.69) is 17.9 Å². The Bertz CT molecular complexity index is 458. The van der Waals surface area contributed by atoms with Gasteiger partial charge < -0.3 is 10.6 Å². The van der Waals surface area contributed by atoms with Crippen LogP contribution in [0.1, 0.15) is 51.0 Å². The van der Waals surface area contributed by atoms with Crippen LogP contribution in [0.4, 0.5) is 5.69 Å². The molecule has 1 amide bonds. The highest BCUT2D eigenvalue weighted by molar-refractivity contribution is 5.76. The Kier molecular flexibility index (Phi) is 6.09. The molecule has 0 bridgehead atoms. The summed E-state index contributed by atoms with van der Waals surface area (Å²) in [6, 6.07) is 8.05. The quantitative estimate of drug-likeness (QED) is 0.812. The maximum absolute atomic E-state index is 12.2. The first-order chi connectivity index (χ1) is 10.2. The molecule has 21 heavy (non-hydrogen) atoms. The second-order valence-corrected chi connectivity index (χ2v) is 6.21. The fourth-order valence-electron chi connectivity index (χ4n) is 3.25. The van der Waals surface area contributed by atoms with Crippen LogP contribution in [0.25, 0.3) is 0 Å². The number of nitrogens with two attached hydrogens (primary N) is 1. The average molecular weight is 288 g/mol. The smallest absolute Gasteiger partial charge is 0.222 e. The molecule has 1 atom stereocenters. The Morgan fingerprint density at radius 2 is 2.19 bits per heavy atom. The van der Waals surface area contributed by atoms with E-state index >= 15 is 0 Å². The lowest BCUT2D eigenvalue weighted by atomic mass is 9.96. The Morgan fingerprint density at radius 1 is 1.33 bits per heavy atom. The van der Waals surface area contributed by atoms with Crippen molar-refractivity contribution in [2.75, 3.05) is 18.8 Å². The number of hydrogen-bond donors (Lipinski definition) is 1. The molecule has 0 spiro atoms. The van der Waals surface area contributed by atoms with E-state index < -0.39 is 0 Å². The molecule has 1 fully saturated rings. The van der Waals surface area contributed by atoms with Gasteiger partial charge in [0.05, 0.1) is 0 Å². The molecular weight excluding hydrogens is 260 g/mol. The lowest BCUT2D eigenvalue weighted by molar-refractivity contribution is -0.130. The lowest BCUT2D eigenvalue weighted by Gasteiger charge is -2.21. The molecule has 0 saturated carbocycles. The SMILES string of the molecule is CCCC1CCC(=O)N(CCCc2cccc(N)c2)CC1. The minimum atomic E-state index is 0.348.